The number of hydrogen-bond donors (Lipinski definition) is 0. The molecule has 10 heteroatoms. The van der Waals surface area contributed by atoms with Gasteiger partial charge in [-0.15, -0.1) is 0 Å². The lowest BCUT2D eigenvalue weighted by atomic mass is 10.2. The number of aromatic nitrogens is 2. The van der Waals surface area contributed by atoms with E-state index >= 15 is 0 Å². The van der Waals surface area contributed by atoms with Crippen LogP contribution in [0.3, 0.4) is 0 Å². The zero-order valence-corrected chi connectivity index (χ0v) is 21.7. The fraction of sp³-hybridized carbons (Fsp3) is 0.308. The largest absolute Gasteiger partial charge is 0.368 e. The molecule has 7 nitrogen and oxygen atoms in total. The molecule has 0 unspecified atom stereocenters. The number of thiocarbonyl (C=S) groups is 1. The summed E-state index contributed by atoms with van der Waals surface area (Å²) in [5.74, 6) is 0.386. The molecule has 186 valence electrons. The third kappa shape index (κ3) is 4.75. The Hall–Kier alpha value is -3.24. The van der Waals surface area contributed by atoms with E-state index in [1.54, 1.807) is 41.4 Å². The third-order valence-corrected chi connectivity index (χ3v) is 7.59. The molecule has 1 amide bonds. The maximum Gasteiger partial charge on any atom is 0.267 e. The molecule has 3 aromatic rings. The molecule has 2 saturated heterocycles. The molecule has 0 N–H and O–H groups in total. The molecule has 0 radical (unpaired) electrons. The topological polar surface area (TPSA) is 61.2 Å². The van der Waals surface area contributed by atoms with Gasteiger partial charge in [0.25, 0.3) is 11.5 Å². The molecule has 2 aliphatic heterocycles. The van der Waals surface area contributed by atoms with Gasteiger partial charge in [-0.05, 0) is 48.4 Å². The highest BCUT2D eigenvalue weighted by molar-refractivity contribution is 8.26. The Morgan fingerprint density at radius 2 is 1.75 bits per heavy atom. The number of rotatable bonds is 5. The summed E-state index contributed by atoms with van der Waals surface area (Å²) in [6.07, 6.45) is 3.33. The van der Waals surface area contributed by atoms with E-state index < -0.39 is 0 Å². The van der Waals surface area contributed by atoms with Gasteiger partial charge >= 0.3 is 0 Å². The summed E-state index contributed by atoms with van der Waals surface area (Å²) in [5, 5.41) is 0. The molecule has 4 heterocycles. The summed E-state index contributed by atoms with van der Waals surface area (Å²) in [6.45, 7) is 7.24. The van der Waals surface area contributed by atoms with Crippen LogP contribution in [0.5, 0.6) is 0 Å². The molecule has 2 aromatic heterocycles. The number of halogens is 1. The summed E-state index contributed by atoms with van der Waals surface area (Å²) < 4.78 is 15.3. The maximum absolute atomic E-state index is 13.6. The Kier molecular flexibility index (Phi) is 6.81. The van der Waals surface area contributed by atoms with Crippen molar-refractivity contribution in [2.75, 3.05) is 42.5 Å². The van der Waals surface area contributed by atoms with Crippen molar-refractivity contribution in [3.05, 3.63) is 75.3 Å². The second-order valence-corrected chi connectivity index (χ2v) is 10.9. The van der Waals surface area contributed by atoms with Crippen molar-refractivity contribution in [1.82, 2.24) is 14.3 Å². The SMILES string of the molecule is CC(C)CN1C(=O)/C(=C\c2c(N3CCN(c4ccc(F)cc4)CC3)nc3ccccn3c2=O)SC1=S. The van der Waals surface area contributed by atoms with Crippen LogP contribution in [-0.4, -0.2) is 57.2 Å². The van der Waals surface area contributed by atoms with Gasteiger partial charge < -0.3 is 9.80 Å². The first-order valence-corrected chi connectivity index (χ1v) is 13.1. The molecule has 5 rings (SSSR count). The highest BCUT2D eigenvalue weighted by atomic mass is 32.2. The van der Waals surface area contributed by atoms with Gasteiger partial charge in [-0.25, -0.2) is 9.37 Å². The number of nitrogens with zero attached hydrogens (tertiary/aromatic N) is 5. The van der Waals surface area contributed by atoms with E-state index in [4.69, 9.17) is 17.2 Å². The van der Waals surface area contributed by atoms with Crippen molar-refractivity contribution in [1.29, 1.82) is 0 Å². The van der Waals surface area contributed by atoms with E-state index in [1.165, 1.54) is 28.3 Å². The van der Waals surface area contributed by atoms with Gasteiger partial charge in [0.05, 0.1) is 10.5 Å². The number of pyridine rings is 1. The van der Waals surface area contributed by atoms with Crippen LogP contribution < -0.4 is 15.4 Å². The van der Waals surface area contributed by atoms with Gasteiger partial charge in [-0.2, -0.15) is 0 Å². The number of amides is 1. The molecule has 0 aliphatic carbocycles. The van der Waals surface area contributed by atoms with Gasteiger partial charge in [0.1, 0.15) is 21.6 Å². The first-order valence-electron chi connectivity index (χ1n) is 11.8. The number of carbonyl (C=O) groups is 1. The number of piperazine rings is 1. The molecule has 0 atom stereocenters. The van der Waals surface area contributed by atoms with Crippen molar-refractivity contribution in [2.45, 2.75) is 13.8 Å². The molecule has 2 aliphatic rings. The number of benzene rings is 1. The Morgan fingerprint density at radius 3 is 2.44 bits per heavy atom. The average Bonchev–Trinajstić information content (AvgIpc) is 3.13. The first-order chi connectivity index (χ1) is 17.3. The van der Waals surface area contributed by atoms with E-state index in [1.807, 2.05) is 19.9 Å². The van der Waals surface area contributed by atoms with Crippen molar-refractivity contribution in [3.63, 3.8) is 0 Å². The number of fused-ring (bicyclic) bond motifs is 1. The van der Waals surface area contributed by atoms with E-state index in [2.05, 4.69) is 9.80 Å². The standard InChI is InChI=1S/C26H26FN5O2S2/c1-17(2)16-32-25(34)21(36-26(32)35)15-20-23(28-22-5-3-4-10-31(22)24(20)33)30-13-11-29(12-14-30)19-8-6-18(27)7-9-19/h3-10,15,17H,11-14,16H2,1-2H3/b21-15+. The van der Waals surface area contributed by atoms with E-state index in [0.29, 0.717) is 59.0 Å². The second kappa shape index (κ2) is 10.0. The van der Waals surface area contributed by atoms with Gasteiger partial charge in [0.2, 0.25) is 0 Å². The Balaban J connectivity index is 1.50. The average molecular weight is 524 g/mol. The van der Waals surface area contributed by atoms with Crippen LogP contribution in [0, 0.1) is 11.7 Å². The highest BCUT2D eigenvalue weighted by Gasteiger charge is 2.33. The molecule has 2 fully saturated rings. The van der Waals surface area contributed by atoms with Crippen LogP contribution in [0.15, 0.2) is 58.4 Å². The molecule has 1 aromatic carbocycles. The predicted octanol–water partition coefficient (Wildman–Crippen LogP) is 4.02. The minimum atomic E-state index is -0.262. The molecule has 36 heavy (non-hydrogen) atoms. The van der Waals surface area contributed by atoms with Crippen LogP contribution >= 0.6 is 24.0 Å². The van der Waals surface area contributed by atoms with Crippen LogP contribution in [0.4, 0.5) is 15.9 Å². The molecular formula is C26H26FN5O2S2. The maximum atomic E-state index is 13.6. The van der Waals surface area contributed by atoms with Gasteiger partial charge in [0.15, 0.2) is 0 Å². The first kappa shape index (κ1) is 24.5. The van der Waals surface area contributed by atoms with Crippen LogP contribution in [0.1, 0.15) is 19.4 Å². The zero-order valence-electron chi connectivity index (χ0n) is 20.1. The summed E-state index contributed by atoms with van der Waals surface area (Å²) in [6, 6.07) is 11.9. The summed E-state index contributed by atoms with van der Waals surface area (Å²) in [4.78, 5) is 37.8. The smallest absolute Gasteiger partial charge is 0.267 e. The number of thioether (sulfide) groups is 1. The van der Waals surface area contributed by atoms with E-state index in [-0.39, 0.29) is 23.2 Å². The summed E-state index contributed by atoms with van der Waals surface area (Å²) in [5.41, 5.74) is 1.64. The van der Waals surface area contributed by atoms with Crippen LogP contribution in [0.25, 0.3) is 11.7 Å². The summed E-state index contributed by atoms with van der Waals surface area (Å²) >= 11 is 6.68. The lowest BCUT2D eigenvalue weighted by molar-refractivity contribution is -0.122. The van der Waals surface area contributed by atoms with Crippen molar-refractivity contribution >= 4 is 57.4 Å². The lowest BCUT2D eigenvalue weighted by Gasteiger charge is -2.37. The van der Waals surface area contributed by atoms with Gasteiger partial charge in [-0.3, -0.25) is 18.9 Å². The lowest BCUT2D eigenvalue weighted by Crippen LogP contribution is -2.47. The Bertz CT molecular complexity index is 1410. The molecular weight excluding hydrogens is 497 g/mol. The quantitative estimate of drug-likeness (QED) is 0.370. The molecule has 0 spiro atoms. The Labute approximate surface area is 218 Å². The predicted molar refractivity (Wildman–Crippen MR) is 147 cm³/mol. The normalized spacial score (nSPS) is 17.8. The van der Waals surface area contributed by atoms with Crippen molar-refractivity contribution in [2.24, 2.45) is 5.92 Å². The van der Waals surface area contributed by atoms with E-state index in [9.17, 15) is 14.0 Å². The monoisotopic (exact) mass is 523 g/mol. The minimum absolute atomic E-state index is 0.177. The fourth-order valence-corrected chi connectivity index (χ4v) is 5.70. The molecule has 0 saturated carbocycles. The summed E-state index contributed by atoms with van der Waals surface area (Å²) in [7, 11) is 0. The number of carbonyl (C=O) groups excluding carboxylic acids is 1. The van der Waals surface area contributed by atoms with Gasteiger partial charge in [0, 0.05) is 44.6 Å². The Morgan fingerprint density at radius 1 is 1.06 bits per heavy atom. The highest BCUT2D eigenvalue weighted by Crippen LogP contribution is 2.34. The number of anilines is 2. The zero-order chi connectivity index (χ0) is 25.4. The number of hydrogen-bond acceptors (Lipinski definition) is 7. The molecule has 0 bridgehead atoms. The van der Waals surface area contributed by atoms with E-state index in [0.717, 1.165) is 5.69 Å². The van der Waals surface area contributed by atoms with Gasteiger partial charge in [-0.1, -0.05) is 43.9 Å². The minimum Gasteiger partial charge on any atom is -0.368 e. The van der Waals surface area contributed by atoms with Crippen molar-refractivity contribution < 1.29 is 9.18 Å². The van der Waals surface area contributed by atoms with Crippen LogP contribution in [0.2, 0.25) is 0 Å². The fourth-order valence-electron chi connectivity index (χ4n) is 4.44. The van der Waals surface area contributed by atoms with Crippen molar-refractivity contribution in [3.8, 4) is 0 Å². The van der Waals surface area contributed by atoms with Crippen LogP contribution in [-0.2, 0) is 4.79 Å². The third-order valence-electron chi connectivity index (χ3n) is 6.22. The second-order valence-electron chi connectivity index (χ2n) is 9.22.